The molecule has 0 spiro atoms. The molecule has 0 aliphatic carbocycles. The Bertz CT molecular complexity index is 595. The van der Waals surface area contributed by atoms with E-state index in [4.69, 9.17) is 10.5 Å². The maximum atomic E-state index is 12.4. The lowest BCUT2D eigenvalue weighted by Crippen LogP contribution is -2.33. The van der Waals surface area contributed by atoms with E-state index < -0.39 is 0 Å². The number of aromatic nitrogens is 2. The van der Waals surface area contributed by atoms with E-state index >= 15 is 0 Å². The Labute approximate surface area is 124 Å². The third-order valence-electron chi connectivity index (χ3n) is 3.16. The average molecular weight is 288 g/mol. The van der Waals surface area contributed by atoms with Crippen LogP contribution in [0.15, 0.2) is 36.5 Å². The molecule has 21 heavy (non-hydrogen) atoms. The SMILES string of the molecule is CCn1ncc(N)c1C(=O)N(C)CCOc1ccccc1. The Morgan fingerprint density at radius 1 is 1.38 bits per heavy atom. The second-order valence-corrected chi connectivity index (χ2v) is 4.65. The Morgan fingerprint density at radius 2 is 2.10 bits per heavy atom. The van der Waals surface area contributed by atoms with E-state index in [9.17, 15) is 4.79 Å². The van der Waals surface area contributed by atoms with Gasteiger partial charge in [0.1, 0.15) is 18.1 Å². The van der Waals surface area contributed by atoms with Gasteiger partial charge in [-0.3, -0.25) is 9.48 Å². The molecule has 0 aliphatic rings. The number of nitrogens with two attached hydrogens (primary N) is 1. The van der Waals surface area contributed by atoms with Gasteiger partial charge in [-0.1, -0.05) is 18.2 Å². The van der Waals surface area contributed by atoms with Crippen LogP contribution in [-0.2, 0) is 6.54 Å². The van der Waals surface area contributed by atoms with Gasteiger partial charge in [0, 0.05) is 13.6 Å². The van der Waals surface area contributed by atoms with Gasteiger partial charge in [-0.25, -0.2) is 0 Å². The van der Waals surface area contributed by atoms with E-state index in [0.29, 0.717) is 31.1 Å². The first-order valence-corrected chi connectivity index (χ1v) is 6.88. The summed E-state index contributed by atoms with van der Waals surface area (Å²) in [7, 11) is 1.73. The van der Waals surface area contributed by atoms with Crippen LogP contribution in [0, 0.1) is 0 Å². The first-order chi connectivity index (χ1) is 10.1. The fraction of sp³-hybridized carbons (Fsp3) is 0.333. The van der Waals surface area contributed by atoms with Crippen molar-refractivity contribution in [3.63, 3.8) is 0 Å². The zero-order valence-corrected chi connectivity index (χ0v) is 12.3. The summed E-state index contributed by atoms with van der Waals surface area (Å²) in [5.41, 5.74) is 6.64. The van der Waals surface area contributed by atoms with Crippen molar-refractivity contribution in [2.75, 3.05) is 25.9 Å². The van der Waals surface area contributed by atoms with Gasteiger partial charge in [0.25, 0.3) is 5.91 Å². The van der Waals surface area contributed by atoms with Crippen LogP contribution in [0.1, 0.15) is 17.4 Å². The number of nitrogen functional groups attached to an aromatic ring is 1. The Hall–Kier alpha value is -2.50. The molecule has 1 aromatic heterocycles. The van der Waals surface area contributed by atoms with E-state index in [0.717, 1.165) is 5.75 Å². The molecular weight excluding hydrogens is 268 g/mol. The largest absolute Gasteiger partial charge is 0.492 e. The first kappa shape index (κ1) is 14.9. The van der Waals surface area contributed by atoms with Crippen LogP contribution in [0.2, 0.25) is 0 Å². The fourth-order valence-electron chi connectivity index (χ4n) is 1.97. The molecule has 0 atom stereocenters. The van der Waals surface area contributed by atoms with Crippen molar-refractivity contribution in [2.24, 2.45) is 0 Å². The highest BCUT2D eigenvalue weighted by Gasteiger charge is 2.19. The molecule has 0 saturated heterocycles. The Balaban J connectivity index is 1.92. The topological polar surface area (TPSA) is 73.4 Å². The molecule has 2 aromatic rings. The number of rotatable bonds is 6. The molecule has 0 unspecified atom stereocenters. The molecule has 0 radical (unpaired) electrons. The van der Waals surface area contributed by atoms with E-state index in [1.165, 1.54) is 6.20 Å². The van der Waals surface area contributed by atoms with Crippen molar-refractivity contribution in [1.82, 2.24) is 14.7 Å². The van der Waals surface area contributed by atoms with Gasteiger partial charge in [0.15, 0.2) is 0 Å². The quantitative estimate of drug-likeness (QED) is 0.877. The third-order valence-corrected chi connectivity index (χ3v) is 3.16. The summed E-state index contributed by atoms with van der Waals surface area (Å²) in [5, 5.41) is 4.08. The highest BCUT2D eigenvalue weighted by molar-refractivity contribution is 5.97. The molecule has 1 aromatic carbocycles. The predicted octanol–water partition coefficient (Wildman–Crippen LogP) is 1.64. The van der Waals surface area contributed by atoms with Gasteiger partial charge >= 0.3 is 0 Å². The van der Waals surface area contributed by atoms with Gasteiger partial charge < -0.3 is 15.4 Å². The zero-order valence-electron chi connectivity index (χ0n) is 12.3. The van der Waals surface area contributed by atoms with Crippen molar-refractivity contribution in [3.8, 4) is 5.75 Å². The summed E-state index contributed by atoms with van der Waals surface area (Å²) in [6.07, 6.45) is 1.51. The second-order valence-electron chi connectivity index (χ2n) is 4.65. The summed E-state index contributed by atoms with van der Waals surface area (Å²) < 4.78 is 7.19. The number of carbonyl (C=O) groups is 1. The smallest absolute Gasteiger partial charge is 0.274 e. The molecular formula is C15H20N4O2. The number of carbonyl (C=O) groups excluding carboxylic acids is 1. The standard InChI is InChI=1S/C15H20N4O2/c1-3-19-14(13(16)11-17-19)15(20)18(2)9-10-21-12-7-5-4-6-8-12/h4-8,11H,3,9-10,16H2,1-2H3. The molecule has 2 N–H and O–H groups in total. The lowest BCUT2D eigenvalue weighted by Gasteiger charge is -2.18. The van der Waals surface area contributed by atoms with Crippen LogP contribution in [0.5, 0.6) is 5.75 Å². The van der Waals surface area contributed by atoms with Gasteiger partial charge in [0.05, 0.1) is 18.4 Å². The average Bonchev–Trinajstić information content (AvgIpc) is 2.88. The molecule has 0 fully saturated rings. The lowest BCUT2D eigenvalue weighted by atomic mass is 10.3. The number of likely N-dealkylation sites (N-methyl/N-ethyl adjacent to an activating group) is 1. The maximum Gasteiger partial charge on any atom is 0.274 e. The van der Waals surface area contributed by atoms with Crippen molar-refractivity contribution in [1.29, 1.82) is 0 Å². The monoisotopic (exact) mass is 288 g/mol. The number of ether oxygens (including phenoxy) is 1. The second kappa shape index (κ2) is 6.78. The minimum Gasteiger partial charge on any atom is -0.492 e. The first-order valence-electron chi connectivity index (χ1n) is 6.88. The van der Waals surface area contributed by atoms with Crippen molar-refractivity contribution < 1.29 is 9.53 Å². The maximum absolute atomic E-state index is 12.4. The number of benzene rings is 1. The van der Waals surface area contributed by atoms with Crippen LogP contribution < -0.4 is 10.5 Å². The normalized spacial score (nSPS) is 10.4. The molecule has 0 bridgehead atoms. The molecule has 2 rings (SSSR count). The number of anilines is 1. The van der Waals surface area contributed by atoms with Gasteiger partial charge in [-0.05, 0) is 19.1 Å². The summed E-state index contributed by atoms with van der Waals surface area (Å²) >= 11 is 0. The van der Waals surface area contributed by atoms with Crippen LogP contribution >= 0.6 is 0 Å². The van der Waals surface area contributed by atoms with Gasteiger partial charge in [-0.2, -0.15) is 5.10 Å². The fourth-order valence-corrected chi connectivity index (χ4v) is 1.97. The molecule has 1 amide bonds. The molecule has 6 nitrogen and oxygen atoms in total. The molecule has 6 heteroatoms. The minimum atomic E-state index is -0.150. The van der Waals surface area contributed by atoms with E-state index in [-0.39, 0.29) is 5.91 Å². The number of amides is 1. The number of hydrogen-bond donors (Lipinski definition) is 1. The van der Waals surface area contributed by atoms with Crippen molar-refractivity contribution in [3.05, 3.63) is 42.2 Å². The van der Waals surface area contributed by atoms with Gasteiger partial charge in [-0.15, -0.1) is 0 Å². The van der Waals surface area contributed by atoms with E-state index in [1.807, 2.05) is 37.3 Å². The summed E-state index contributed by atoms with van der Waals surface area (Å²) in [4.78, 5) is 14.0. The summed E-state index contributed by atoms with van der Waals surface area (Å²) in [6.45, 7) is 3.42. The number of hydrogen-bond acceptors (Lipinski definition) is 4. The Morgan fingerprint density at radius 3 is 2.76 bits per heavy atom. The molecule has 0 saturated carbocycles. The predicted molar refractivity (Wildman–Crippen MR) is 81.2 cm³/mol. The zero-order chi connectivity index (χ0) is 15.2. The molecule has 112 valence electrons. The number of aryl methyl sites for hydroxylation is 1. The van der Waals surface area contributed by atoms with Gasteiger partial charge in [0.2, 0.25) is 0 Å². The highest BCUT2D eigenvalue weighted by Crippen LogP contribution is 2.13. The number of nitrogens with zero attached hydrogens (tertiary/aromatic N) is 3. The molecule has 1 heterocycles. The van der Waals surface area contributed by atoms with Crippen LogP contribution in [0.4, 0.5) is 5.69 Å². The lowest BCUT2D eigenvalue weighted by molar-refractivity contribution is 0.0762. The highest BCUT2D eigenvalue weighted by atomic mass is 16.5. The van der Waals surface area contributed by atoms with Crippen LogP contribution in [0.25, 0.3) is 0 Å². The minimum absolute atomic E-state index is 0.150. The van der Waals surface area contributed by atoms with Crippen molar-refractivity contribution >= 4 is 11.6 Å². The van der Waals surface area contributed by atoms with E-state index in [1.54, 1.807) is 16.6 Å². The summed E-state index contributed by atoms with van der Waals surface area (Å²) in [6, 6.07) is 9.50. The molecule has 0 aliphatic heterocycles. The van der Waals surface area contributed by atoms with Crippen molar-refractivity contribution in [2.45, 2.75) is 13.5 Å². The van der Waals surface area contributed by atoms with Crippen LogP contribution in [0.3, 0.4) is 0 Å². The third kappa shape index (κ3) is 3.53. The van der Waals surface area contributed by atoms with E-state index in [2.05, 4.69) is 5.10 Å². The summed E-state index contributed by atoms with van der Waals surface area (Å²) in [5.74, 6) is 0.639. The number of para-hydroxylation sites is 1. The van der Waals surface area contributed by atoms with Crippen LogP contribution in [-0.4, -0.2) is 40.8 Å². The Kier molecular flexibility index (Phi) is 4.81.